The summed E-state index contributed by atoms with van der Waals surface area (Å²) in [7, 11) is 0. The summed E-state index contributed by atoms with van der Waals surface area (Å²) in [6.07, 6.45) is 0. The monoisotopic (exact) mass is 255 g/mol. The van der Waals surface area contributed by atoms with E-state index < -0.39 is 0 Å². The summed E-state index contributed by atoms with van der Waals surface area (Å²) in [5, 5.41) is 3.29. The van der Waals surface area contributed by atoms with E-state index in [9.17, 15) is 4.39 Å². The zero-order chi connectivity index (χ0) is 13.4. The Morgan fingerprint density at radius 2 is 2.06 bits per heavy atom. The zero-order valence-electron chi connectivity index (χ0n) is 11.3. The van der Waals surface area contributed by atoms with Crippen molar-refractivity contribution >= 4 is 0 Å². The molecule has 0 radical (unpaired) electrons. The predicted molar refractivity (Wildman–Crippen MR) is 70.5 cm³/mol. The van der Waals surface area contributed by atoms with Gasteiger partial charge in [-0.3, -0.25) is 0 Å². The van der Waals surface area contributed by atoms with E-state index in [1.807, 2.05) is 20.8 Å². The van der Waals surface area contributed by atoms with Gasteiger partial charge in [-0.25, -0.2) is 4.39 Å². The molecule has 1 aromatic carbocycles. The molecule has 0 saturated carbocycles. The van der Waals surface area contributed by atoms with E-state index in [2.05, 4.69) is 5.32 Å². The summed E-state index contributed by atoms with van der Waals surface area (Å²) >= 11 is 0. The Balaban J connectivity index is 2.70. The molecule has 0 aromatic heterocycles. The van der Waals surface area contributed by atoms with Gasteiger partial charge in [0.05, 0.1) is 6.61 Å². The number of ether oxygens (including phenoxy) is 2. The van der Waals surface area contributed by atoms with Crippen molar-refractivity contribution in [2.45, 2.75) is 26.8 Å². The molecule has 0 fully saturated rings. The van der Waals surface area contributed by atoms with Crippen LogP contribution in [0.4, 0.5) is 4.39 Å². The van der Waals surface area contributed by atoms with Gasteiger partial charge in [0.2, 0.25) is 0 Å². The number of nitrogens with one attached hydrogen (secondary N) is 1. The highest BCUT2D eigenvalue weighted by molar-refractivity contribution is 5.36. The quantitative estimate of drug-likeness (QED) is 0.724. The molecule has 1 atom stereocenters. The molecular formula is C14H22FNO2. The van der Waals surface area contributed by atoms with Crippen molar-refractivity contribution in [3.8, 4) is 5.75 Å². The summed E-state index contributed by atoms with van der Waals surface area (Å²) in [5.41, 5.74) is 0.967. The first-order chi connectivity index (χ1) is 8.69. The number of halogens is 1. The molecule has 0 bridgehead atoms. The van der Waals surface area contributed by atoms with Crippen LogP contribution in [-0.2, 0) is 4.74 Å². The predicted octanol–water partition coefficient (Wildman–Crippen LogP) is 2.91. The van der Waals surface area contributed by atoms with E-state index in [1.54, 1.807) is 6.07 Å². The Hall–Kier alpha value is -1.13. The Morgan fingerprint density at radius 1 is 1.28 bits per heavy atom. The Morgan fingerprint density at radius 3 is 2.72 bits per heavy atom. The highest BCUT2D eigenvalue weighted by Crippen LogP contribution is 2.26. The molecule has 0 spiro atoms. The van der Waals surface area contributed by atoms with Crippen LogP contribution in [0.25, 0.3) is 0 Å². The van der Waals surface area contributed by atoms with Crippen LogP contribution in [0.2, 0.25) is 0 Å². The van der Waals surface area contributed by atoms with E-state index in [0.717, 1.165) is 12.1 Å². The highest BCUT2D eigenvalue weighted by Gasteiger charge is 2.11. The maximum atomic E-state index is 13.2. The minimum atomic E-state index is -0.283. The summed E-state index contributed by atoms with van der Waals surface area (Å²) in [6, 6.07) is 4.78. The van der Waals surface area contributed by atoms with Gasteiger partial charge in [-0.2, -0.15) is 0 Å². The van der Waals surface area contributed by atoms with Crippen molar-refractivity contribution < 1.29 is 13.9 Å². The minimum Gasteiger partial charge on any atom is -0.491 e. The molecule has 1 unspecified atom stereocenters. The fraction of sp³-hybridized carbons (Fsp3) is 0.571. The van der Waals surface area contributed by atoms with Crippen LogP contribution in [0.15, 0.2) is 18.2 Å². The second-order valence-corrected chi connectivity index (χ2v) is 4.01. The fourth-order valence-electron chi connectivity index (χ4n) is 1.76. The maximum absolute atomic E-state index is 13.2. The molecule has 1 aromatic rings. The van der Waals surface area contributed by atoms with Gasteiger partial charge >= 0.3 is 0 Å². The number of benzene rings is 1. The van der Waals surface area contributed by atoms with Crippen LogP contribution in [-0.4, -0.2) is 26.4 Å². The molecule has 1 N–H and O–H groups in total. The van der Waals surface area contributed by atoms with Gasteiger partial charge in [-0.15, -0.1) is 0 Å². The van der Waals surface area contributed by atoms with Gasteiger partial charge in [0.25, 0.3) is 0 Å². The fourth-order valence-corrected chi connectivity index (χ4v) is 1.76. The molecule has 18 heavy (non-hydrogen) atoms. The number of rotatable bonds is 8. The Kier molecular flexibility index (Phi) is 6.68. The van der Waals surface area contributed by atoms with Crippen molar-refractivity contribution in [3.05, 3.63) is 29.6 Å². The summed E-state index contributed by atoms with van der Waals surface area (Å²) in [4.78, 5) is 0. The molecule has 3 nitrogen and oxygen atoms in total. The van der Waals surface area contributed by atoms with Crippen molar-refractivity contribution in [1.82, 2.24) is 5.32 Å². The van der Waals surface area contributed by atoms with Gasteiger partial charge in [-0.1, -0.05) is 13.0 Å². The van der Waals surface area contributed by atoms with E-state index >= 15 is 0 Å². The van der Waals surface area contributed by atoms with Gasteiger partial charge < -0.3 is 14.8 Å². The van der Waals surface area contributed by atoms with Crippen molar-refractivity contribution in [2.24, 2.45) is 0 Å². The van der Waals surface area contributed by atoms with E-state index in [0.29, 0.717) is 25.6 Å². The van der Waals surface area contributed by atoms with Crippen LogP contribution in [0.1, 0.15) is 32.4 Å². The topological polar surface area (TPSA) is 30.5 Å². The third kappa shape index (κ3) is 4.63. The third-order valence-corrected chi connectivity index (χ3v) is 2.64. The normalized spacial score (nSPS) is 12.4. The minimum absolute atomic E-state index is 0.137. The SMILES string of the molecule is CCNC(C)c1ccc(F)cc1OCCOCC. The molecule has 0 aliphatic carbocycles. The summed E-state index contributed by atoms with van der Waals surface area (Å²) in [5.74, 6) is 0.303. The molecule has 1 rings (SSSR count). The molecule has 0 amide bonds. The van der Waals surface area contributed by atoms with Gasteiger partial charge in [0.1, 0.15) is 18.2 Å². The third-order valence-electron chi connectivity index (χ3n) is 2.64. The Bertz CT molecular complexity index is 358. The molecule has 0 saturated heterocycles. The van der Waals surface area contributed by atoms with Crippen LogP contribution in [0.5, 0.6) is 5.75 Å². The standard InChI is InChI=1S/C14H22FNO2/c1-4-16-11(3)13-7-6-12(15)10-14(13)18-9-8-17-5-2/h6-7,10-11,16H,4-5,8-9H2,1-3H3. The lowest BCUT2D eigenvalue weighted by Crippen LogP contribution is -2.19. The lowest BCUT2D eigenvalue weighted by atomic mass is 10.1. The smallest absolute Gasteiger partial charge is 0.127 e. The second kappa shape index (κ2) is 8.06. The van der Waals surface area contributed by atoms with Crippen LogP contribution in [0, 0.1) is 5.82 Å². The first-order valence-electron chi connectivity index (χ1n) is 6.42. The van der Waals surface area contributed by atoms with E-state index in [1.165, 1.54) is 12.1 Å². The number of hydrogen-bond acceptors (Lipinski definition) is 3. The van der Waals surface area contributed by atoms with Crippen molar-refractivity contribution in [2.75, 3.05) is 26.4 Å². The lowest BCUT2D eigenvalue weighted by molar-refractivity contribution is 0.109. The summed E-state index contributed by atoms with van der Waals surface area (Å²) in [6.45, 7) is 8.47. The average Bonchev–Trinajstić information content (AvgIpc) is 2.35. The first kappa shape index (κ1) is 14.9. The van der Waals surface area contributed by atoms with Gasteiger partial charge in [0.15, 0.2) is 0 Å². The summed E-state index contributed by atoms with van der Waals surface area (Å²) < 4.78 is 24.0. The van der Waals surface area contributed by atoms with Crippen LogP contribution >= 0.6 is 0 Å². The first-order valence-corrected chi connectivity index (χ1v) is 6.42. The van der Waals surface area contributed by atoms with Gasteiger partial charge in [-0.05, 0) is 26.5 Å². The molecule has 102 valence electrons. The largest absolute Gasteiger partial charge is 0.491 e. The van der Waals surface area contributed by atoms with Gasteiger partial charge in [0, 0.05) is 24.3 Å². The zero-order valence-corrected chi connectivity index (χ0v) is 11.3. The van der Waals surface area contributed by atoms with E-state index in [4.69, 9.17) is 9.47 Å². The molecule has 0 aliphatic heterocycles. The molecule has 4 heteroatoms. The van der Waals surface area contributed by atoms with Crippen LogP contribution < -0.4 is 10.1 Å². The molecule has 0 aliphatic rings. The van der Waals surface area contributed by atoms with Crippen molar-refractivity contribution in [1.29, 1.82) is 0 Å². The molecule has 0 heterocycles. The highest BCUT2D eigenvalue weighted by atomic mass is 19.1. The number of hydrogen-bond donors (Lipinski definition) is 1. The Labute approximate surface area is 108 Å². The maximum Gasteiger partial charge on any atom is 0.127 e. The average molecular weight is 255 g/mol. The molecular weight excluding hydrogens is 233 g/mol. The van der Waals surface area contributed by atoms with E-state index in [-0.39, 0.29) is 11.9 Å². The second-order valence-electron chi connectivity index (χ2n) is 4.01. The van der Waals surface area contributed by atoms with Crippen LogP contribution in [0.3, 0.4) is 0 Å². The van der Waals surface area contributed by atoms with Crippen molar-refractivity contribution in [3.63, 3.8) is 0 Å². The lowest BCUT2D eigenvalue weighted by Gasteiger charge is -2.17.